The zero-order chi connectivity index (χ0) is 9.54. The third-order valence-corrected chi connectivity index (χ3v) is 5.12. The summed E-state index contributed by atoms with van der Waals surface area (Å²) in [7, 11) is 0. The normalized spacial score (nSPS) is 51.6. The smallest absolute Gasteiger partial charge is 0.0104 e. The Balaban J connectivity index is 1.79. The number of nitrogens with one attached hydrogen (secondary N) is 1. The summed E-state index contributed by atoms with van der Waals surface area (Å²) in [6.45, 7) is 2.39. The molecule has 80 valence electrons. The average molecular weight is 193 g/mol. The molecule has 5 unspecified atom stereocenters. The fourth-order valence-electron chi connectivity index (χ4n) is 4.53. The second kappa shape index (κ2) is 3.52. The SMILES string of the molecule is CCC1CCC2NC3CCCCC3C12. The number of fused-ring (bicyclic) bond motifs is 3. The van der Waals surface area contributed by atoms with Gasteiger partial charge in [-0.1, -0.05) is 26.2 Å². The Morgan fingerprint density at radius 3 is 2.71 bits per heavy atom. The van der Waals surface area contributed by atoms with E-state index >= 15 is 0 Å². The van der Waals surface area contributed by atoms with Crippen molar-refractivity contribution >= 4 is 0 Å². The van der Waals surface area contributed by atoms with Gasteiger partial charge in [-0.25, -0.2) is 0 Å². The lowest BCUT2D eigenvalue weighted by Gasteiger charge is -2.30. The molecular formula is C13H23N. The van der Waals surface area contributed by atoms with Gasteiger partial charge in [-0.05, 0) is 43.4 Å². The summed E-state index contributed by atoms with van der Waals surface area (Å²) in [4.78, 5) is 0. The first kappa shape index (κ1) is 9.21. The minimum atomic E-state index is 0.910. The molecule has 2 aliphatic carbocycles. The van der Waals surface area contributed by atoms with Crippen molar-refractivity contribution in [1.82, 2.24) is 5.32 Å². The van der Waals surface area contributed by atoms with Crippen LogP contribution in [0.2, 0.25) is 0 Å². The van der Waals surface area contributed by atoms with Gasteiger partial charge >= 0.3 is 0 Å². The summed E-state index contributed by atoms with van der Waals surface area (Å²) in [6.07, 6.45) is 10.4. The third kappa shape index (κ3) is 1.25. The van der Waals surface area contributed by atoms with E-state index in [1.165, 1.54) is 44.9 Å². The second-order valence-corrected chi connectivity index (χ2v) is 5.65. The summed E-state index contributed by atoms with van der Waals surface area (Å²) in [6, 6.07) is 1.82. The first-order valence-electron chi connectivity index (χ1n) is 6.66. The standard InChI is InChI=1S/C13H23N/c1-2-9-7-8-12-13(9)10-5-3-4-6-11(10)14-12/h9-14H,2-8H2,1H3. The van der Waals surface area contributed by atoms with E-state index in [9.17, 15) is 0 Å². The maximum absolute atomic E-state index is 3.92. The summed E-state index contributed by atoms with van der Waals surface area (Å²) in [5.41, 5.74) is 0. The Labute approximate surface area is 87.7 Å². The number of hydrogen-bond acceptors (Lipinski definition) is 1. The van der Waals surface area contributed by atoms with Crippen LogP contribution in [0.4, 0.5) is 0 Å². The van der Waals surface area contributed by atoms with Crippen LogP contribution in [-0.4, -0.2) is 12.1 Å². The molecule has 0 aromatic heterocycles. The predicted molar refractivity (Wildman–Crippen MR) is 59.2 cm³/mol. The number of hydrogen-bond donors (Lipinski definition) is 1. The van der Waals surface area contributed by atoms with Crippen LogP contribution >= 0.6 is 0 Å². The highest BCUT2D eigenvalue weighted by molar-refractivity contribution is 5.04. The molecule has 3 aliphatic rings. The molecule has 1 heterocycles. The molecule has 1 N–H and O–H groups in total. The molecule has 0 bridgehead atoms. The van der Waals surface area contributed by atoms with Crippen LogP contribution in [0.15, 0.2) is 0 Å². The average Bonchev–Trinajstić information content (AvgIpc) is 2.75. The first-order valence-corrected chi connectivity index (χ1v) is 6.66. The highest BCUT2D eigenvalue weighted by atomic mass is 15.0. The van der Waals surface area contributed by atoms with Crippen molar-refractivity contribution in [3.63, 3.8) is 0 Å². The quantitative estimate of drug-likeness (QED) is 0.675. The van der Waals surface area contributed by atoms with Crippen LogP contribution in [-0.2, 0) is 0 Å². The molecule has 1 aliphatic heterocycles. The topological polar surface area (TPSA) is 12.0 Å². The summed E-state index contributed by atoms with van der Waals surface area (Å²) in [5, 5.41) is 3.92. The van der Waals surface area contributed by atoms with Gasteiger partial charge in [0.05, 0.1) is 0 Å². The van der Waals surface area contributed by atoms with Gasteiger partial charge in [0.2, 0.25) is 0 Å². The zero-order valence-corrected chi connectivity index (χ0v) is 9.34. The Bertz CT molecular complexity index is 213. The van der Waals surface area contributed by atoms with Gasteiger partial charge in [-0.3, -0.25) is 0 Å². The van der Waals surface area contributed by atoms with Crippen LogP contribution in [0.25, 0.3) is 0 Å². The minimum Gasteiger partial charge on any atom is -0.311 e. The molecule has 2 saturated carbocycles. The monoisotopic (exact) mass is 193 g/mol. The molecule has 1 nitrogen and oxygen atoms in total. The van der Waals surface area contributed by atoms with E-state index in [1.54, 1.807) is 0 Å². The van der Waals surface area contributed by atoms with E-state index in [0.717, 1.165) is 29.8 Å². The zero-order valence-electron chi connectivity index (χ0n) is 9.34. The van der Waals surface area contributed by atoms with Gasteiger partial charge in [0.1, 0.15) is 0 Å². The molecule has 3 fully saturated rings. The van der Waals surface area contributed by atoms with E-state index in [-0.39, 0.29) is 0 Å². The lowest BCUT2D eigenvalue weighted by molar-refractivity contribution is 0.220. The van der Waals surface area contributed by atoms with Crippen LogP contribution in [0, 0.1) is 17.8 Å². The Kier molecular flexibility index (Phi) is 2.31. The van der Waals surface area contributed by atoms with Gasteiger partial charge in [-0.2, -0.15) is 0 Å². The number of rotatable bonds is 1. The molecule has 5 atom stereocenters. The van der Waals surface area contributed by atoms with Gasteiger partial charge in [0.25, 0.3) is 0 Å². The molecule has 3 rings (SSSR count). The molecule has 0 amide bonds. The third-order valence-electron chi connectivity index (χ3n) is 5.12. The molecular weight excluding hydrogens is 170 g/mol. The maximum Gasteiger partial charge on any atom is 0.0104 e. The highest BCUT2D eigenvalue weighted by Gasteiger charge is 2.49. The van der Waals surface area contributed by atoms with Crippen LogP contribution < -0.4 is 5.32 Å². The largest absolute Gasteiger partial charge is 0.311 e. The lowest BCUT2D eigenvalue weighted by Crippen LogP contribution is -2.33. The van der Waals surface area contributed by atoms with Crippen molar-refractivity contribution in [2.75, 3.05) is 0 Å². The molecule has 0 aromatic rings. The Morgan fingerprint density at radius 2 is 1.86 bits per heavy atom. The van der Waals surface area contributed by atoms with Crippen molar-refractivity contribution in [2.45, 2.75) is 64.0 Å². The van der Waals surface area contributed by atoms with Crippen LogP contribution in [0.5, 0.6) is 0 Å². The van der Waals surface area contributed by atoms with Crippen molar-refractivity contribution < 1.29 is 0 Å². The van der Waals surface area contributed by atoms with Crippen molar-refractivity contribution in [2.24, 2.45) is 17.8 Å². The lowest BCUT2D eigenvalue weighted by atomic mass is 9.74. The van der Waals surface area contributed by atoms with E-state index in [4.69, 9.17) is 0 Å². The van der Waals surface area contributed by atoms with E-state index in [2.05, 4.69) is 12.2 Å². The van der Waals surface area contributed by atoms with Gasteiger partial charge in [0.15, 0.2) is 0 Å². The van der Waals surface area contributed by atoms with Crippen molar-refractivity contribution in [3.8, 4) is 0 Å². The van der Waals surface area contributed by atoms with Crippen LogP contribution in [0.1, 0.15) is 51.9 Å². The Morgan fingerprint density at radius 1 is 1.00 bits per heavy atom. The Hall–Kier alpha value is -0.0400. The maximum atomic E-state index is 3.92. The minimum absolute atomic E-state index is 0.910. The van der Waals surface area contributed by atoms with Crippen molar-refractivity contribution in [1.29, 1.82) is 0 Å². The van der Waals surface area contributed by atoms with Crippen molar-refractivity contribution in [3.05, 3.63) is 0 Å². The summed E-state index contributed by atoms with van der Waals surface area (Å²) >= 11 is 0. The predicted octanol–water partition coefficient (Wildman–Crippen LogP) is 2.95. The summed E-state index contributed by atoms with van der Waals surface area (Å²) in [5.74, 6) is 3.17. The second-order valence-electron chi connectivity index (χ2n) is 5.65. The van der Waals surface area contributed by atoms with Crippen LogP contribution in [0.3, 0.4) is 0 Å². The molecule has 0 aromatic carbocycles. The first-order chi connectivity index (χ1) is 6.90. The fourth-order valence-corrected chi connectivity index (χ4v) is 4.53. The molecule has 14 heavy (non-hydrogen) atoms. The molecule has 1 heteroatoms. The molecule has 0 spiro atoms. The fraction of sp³-hybridized carbons (Fsp3) is 1.00. The van der Waals surface area contributed by atoms with Gasteiger partial charge in [-0.15, -0.1) is 0 Å². The summed E-state index contributed by atoms with van der Waals surface area (Å²) < 4.78 is 0. The molecule has 0 radical (unpaired) electrons. The van der Waals surface area contributed by atoms with Gasteiger partial charge in [0, 0.05) is 12.1 Å². The van der Waals surface area contributed by atoms with E-state index in [0.29, 0.717) is 0 Å². The van der Waals surface area contributed by atoms with E-state index in [1.807, 2.05) is 0 Å². The molecule has 1 saturated heterocycles. The van der Waals surface area contributed by atoms with Gasteiger partial charge < -0.3 is 5.32 Å². The van der Waals surface area contributed by atoms with E-state index < -0.39 is 0 Å². The highest BCUT2D eigenvalue weighted by Crippen LogP contribution is 2.48.